The second-order valence-electron chi connectivity index (χ2n) is 7.99. The number of aryl methyl sites for hydroxylation is 1. The third-order valence-electron chi connectivity index (χ3n) is 5.97. The minimum absolute atomic E-state index is 0.00191. The molecular weight excluding hydrogens is 440 g/mol. The summed E-state index contributed by atoms with van der Waals surface area (Å²) in [5.41, 5.74) is 4.39. The van der Waals surface area contributed by atoms with Gasteiger partial charge in [0.25, 0.3) is 0 Å². The standard InChI is InChI=1S/C23H20N6OS2/c30-22(24-9-13-5-6-31-11-13)14-1-3-17-19(8-14)32-23-20(17)21(25-12-26-23)28-16-2-4-18-15(7-16)10-27-29-18/h2,4-7,10-12,14H,1,3,8-9H2,(H,24,30)(H,27,29)(H,25,26,28). The van der Waals surface area contributed by atoms with Crippen molar-refractivity contribution in [3.8, 4) is 0 Å². The minimum Gasteiger partial charge on any atom is -0.352 e. The smallest absolute Gasteiger partial charge is 0.223 e. The van der Waals surface area contributed by atoms with E-state index >= 15 is 0 Å². The Kier molecular flexibility index (Phi) is 4.84. The number of nitrogens with one attached hydrogen (secondary N) is 3. The highest BCUT2D eigenvalue weighted by Gasteiger charge is 2.29. The molecule has 0 saturated heterocycles. The number of carbonyl (C=O) groups is 1. The predicted molar refractivity (Wildman–Crippen MR) is 128 cm³/mol. The topological polar surface area (TPSA) is 95.6 Å². The molecule has 9 heteroatoms. The second kappa shape index (κ2) is 7.99. The normalized spacial score (nSPS) is 15.7. The first-order valence-electron chi connectivity index (χ1n) is 10.5. The van der Waals surface area contributed by atoms with E-state index in [4.69, 9.17) is 0 Å². The van der Waals surface area contributed by atoms with Gasteiger partial charge in [0.2, 0.25) is 5.91 Å². The van der Waals surface area contributed by atoms with Crippen molar-refractivity contribution in [3.63, 3.8) is 0 Å². The van der Waals surface area contributed by atoms with Gasteiger partial charge in [-0.15, -0.1) is 11.3 Å². The summed E-state index contributed by atoms with van der Waals surface area (Å²) in [4.78, 5) is 24.0. The second-order valence-corrected chi connectivity index (χ2v) is 9.86. The van der Waals surface area contributed by atoms with E-state index in [9.17, 15) is 4.79 Å². The number of amides is 1. The first kappa shape index (κ1) is 19.4. The van der Waals surface area contributed by atoms with Gasteiger partial charge in [-0.2, -0.15) is 16.4 Å². The van der Waals surface area contributed by atoms with E-state index in [1.807, 2.05) is 29.8 Å². The molecule has 0 radical (unpaired) electrons. The van der Waals surface area contributed by atoms with Crippen LogP contribution < -0.4 is 10.6 Å². The van der Waals surface area contributed by atoms with Crippen LogP contribution in [0.5, 0.6) is 0 Å². The van der Waals surface area contributed by atoms with Gasteiger partial charge in [-0.25, -0.2) is 9.97 Å². The fourth-order valence-corrected chi connectivity index (χ4v) is 6.25. The molecule has 4 heterocycles. The molecule has 4 aromatic heterocycles. The average Bonchev–Trinajstić information content (AvgIpc) is 3.56. The highest BCUT2D eigenvalue weighted by atomic mass is 32.1. The predicted octanol–water partition coefficient (Wildman–Crippen LogP) is 4.79. The Balaban J connectivity index is 1.25. The molecule has 3 N–H and O–H groups in total. The number of thiophene rings is 2. The number of fused-ring (bicyclic) bond motifs is 4. The monoisotopic (exact) mass is 460 g/mol. The lowest BCUT2D eigenvalue weighted by atomic mass is 9.87. The average molecular weight is 461 g/mol. The van der Waals surface area contributed by atoms with Crippen molar-refractivity contribution in [2.75, 3.05) is 5.32 Å². The van der Waals surface area contributed by atoms with Crippen LogP contribution in [-0.2, 0) is 24.2 Å². The molecule has 32 heavy (non-hydrogen) atoms. The van der Waals surface area contributed by atoms with Crippen molar-refractivity contribution >= 4 is 61.2 Å². The molecule has 7 nitrogen and oxygen atoms in total. The molecule has 1 aliphatic carbocycles. The molecule has 0 aliphatic heterocycles. The fraction of sp³-hybridized carbons (Fsp3) is 0.217. The lowest BCUT2D eigenvalue weighted by molar-refractivity contribution is -0.125. The zero-order chi connectivity index (χ0) is 21.5. The van der Waals surface area contributed by atoms with Crippen LogP contribution in [0.15, 0.2) is 47.5 Å². The Labute approximate surface area is 191 Å². The van der Waals surface area contributed by atoms with Gasteiger partial charge in [0.15, 0.2) is 0 Å². The van der Waals surface area contributed by atoms with Crippen molar-refractivity contribution in [1.29, 1.82) is 0 Å². The lowest BCUT2D eigenvalue weighted by Gasteiger charge is -2.21. The van der Waals surface area contributed by atoms with Crippen molar-refractivity contribution in [2.45, 2.75) is 25.8 Å². The van der Waals surface area contributed by atoms with Gasteiger partial charge < -0.3 is 10.6 Å². The molecule has 0 fully saturated rings. The summed E-state index contributed by atoms with van der Waals surface area (Å²) in [6.07, 6.45) is 5.87. The van der Waals surface area contributed by atoms with Crippen molar-refractivity contribution < 1.29 is 4.79 Å². The van der Waals surface area contributed by atoms with Crippen LogP contribution in [0.1, 0.15) is 22.4 Å². The van der Waals surface area contributed by atoms with Crippen molar-refractivity contribution in [2.24, 2.45) is 5.92 Å². The van der Waals surface area contributed by atoms with E-state index in [1.165, 1.54) is 10.4 Å². The van der Waals surface area contributed by atoms with Gasteiger partial charge in [-0.05, 0) is 65.4 Å². The molecule has 1 unspecified atom stereocenters. The zero-order valence-electron chi connectivity index (χ0n) is 17.1. The van der Waals surface area contributed by atoms with Crippen LogP contribution in [-0.4, -0.2) is 26.1 Å². The molecule has 5 aromatic rings. The number of nitrogens with zero attached hydrogens (tertiary/aromatic N) is 3. The van der Waals surface area contributed by atoms with Crippen LogP contribution in [0, 0.1) is 5.92 Å². The zero-order valence-corrected chi connectivity index (χ0v) is 18.7. The van der Waals surface area contributed by atoms with Crippen molar-refractivity contribution in [3.05, 3.63) is 63.6 Å². The maximum Gasteiger partial charge on any atom is 0.223 e. The number of H-pyrrole nitrogens is 1. The van der Waals surface area contributed by atoms with Crippen LogP contribution in [0.4, 0.5) is 11.5 Å². The number of benzene rings is 1. The Morgan fingerprint density at radius 3 is 3.12 bits per heavy atom. The first-order chi connectivity index (χ1) is 15.7. The quantitative estimate of drug-likeness (QED) is 0.350. The van der Waals surface area contributed by atoms with Crippen LogP contribution >= 0.6 is 22.7 Å². The molecule has 0 saturated carbocycles. The molecule has 1 atom stereocenters. The third kappa shape index (κ3) is 3.53. The summed E-state index contributed by atoms with van der Waals surface area (Å²) < 4.78 is 0. The van der Waals surface area contributed by atoms with E-state index in [-0.39, 0.29) is 11.8 Å². The van der Waals surface area contributed by atoms with Crippen LogP contribution in [0.3, 0.4) is 0 Å². The molecule has 0 spiro atoms. The molecule has 6 rings (SSSR count). The van der Waals surface area contributed by atoms with Crippen LogP contribution in [0.25, 0.3) is 21.1 Å². The van der Waals surface area contributed by atoms with Gasteiger partial charge in [0.1, 0.15) is 17.0 Å². The van der Waals surface area contributed by atoms with Gasteiger partial charge in [0, 0.05) is 28.4 Å². The third-order valence-corrected chi connectivity index (χ3v) is 7.86. The number of hydrogen-bond donors (Lipinski definition) is 3. The van der Waals surface area contributed by atoms with Gasteiger partial charge >= 0.3 is 0 Å². The Morgan fingerprint density at radius 1 is 1.25 bits per heavy atom. The molecule has 1 aromatic carbocycles. The largest absolute Gasteiger partial charge is 0.352 e. The van der Waals surface area contributed by atoms with Gasteiger partial charge in [-0.3, -0.25) is 9.89 Å². The van der Waals surface area contributed by atoms with Gasteiger partial charge in [-0.1, -0.05) is 0 Å². The first-order valence-corrected chi connectivity index (χ1v) is 12.2. The molecule has 0 bridgehead atoms. The van der Waals surface area contributed by atoms with E-state index in [0.29, 0.717) is 6.54 Å². The minimum atomic E-state index is 0.00191. The lowest BCUT2D eigenvalue weighted by Crippen LogP contribution is -2.33. The van der Waals surface area contributed by atoms with Crippen LogP contribution in [0.2, 0.25) is 0 Å². The Morgan fingerprint density at radius 2 is 2.22 bits per heavy atom. The maximum absolute atomic E-state index is 12.8. The summed E-state index contributed by atoms with van der Waals surface area (Å²) in [6, 6.07) is 8.12. The van der Waals surface area contributed by atoms with E-state index in [0.717, 1.165) is 57.5 Å². The number of anilines is 2. The Bertz CT molecular complexity index is 1420. The summed E-state index contributed by atoms with van der Waals surface area (Å²) in [5, 5.41) is 19.9. The summed E-state index contributed by atoms with van der Waals surface area (Å²) >= 11 is 3.33. The summed E-state index contributed by atoms with van der Waals surface area (Å²) in [7, 11) is 0. The number of carbonyl (C=O) groups excluding carboxylic acids is 1. The van der Waals surface area contributed by atoms with Gasteiger partial charge in [0.05, 0.1) is 17.1 Å². The summed E-state index contributed by atoms with van der Waals surface area (Å²) in [6.45, 7) is 0.596. The van der Waals surface area contributed by atoms with E-state index < -0.39 is 0 Å². The highest BCUT2D eigenvalue weighted by Crippen LogP contribution is 2.40. The van der Waals surface area contributed by atoms with Crippen molar-refractivity contribution in [1.82, 2.24) is 25.5 Å². The maximum atomic E-state index is 12.8. The van der Waals surface area contributed by atoms with E-state index in [2.05, 4.69) is 42.2 Å². The molecular formula is C23H20N6OS2. The molecule has 1 aliphatic rings. The summed E-state index contributed by atoms with van der Waals surface area (Å²) in [5.74, 6) is 0.954. The number of aromatic nitrogens is 4. The van der Waals surface area contributed by atoms with E-state index in [1.54, 1.807) is 29.0 Å². The molecule has 1 amide bonds. The number of rotatable bonds is 5. The number of aromatic amines is 1. The Hall–Kier alpha value is -3.30. The number of hydrogen-bond acceptors (Lipinski definition) is 7. The highest BCUT2D eigenvalue weighted by molar-refractivity contribution is 7.19. The fourth-order valence-electron chi connectivity index (χ4n) is 4.31. The molecule has 160 valence electrons. The SMILES string of the molecule is O=C(NCc1ccsc1)C1CCc2c(sc3ncnc(Nc4ccc5[nH]ncc5c4)c23)C1.